The molecule has 1 amide bonds. The average Bonchev–Trinajstić information content (AvgIpc) is 3.00. The summed E-state index contributed by atoms with van der Waals surface area (Å²) < 4.78 is 6.47. The summed E-state index contributed by atoms with van der Waals surface area (Å²) in [6.45, 7) is 2.57. The number of para-hydroxylation sites is 1. The number of anilines is 1. The van der Waals surface area contributed by atoms with Crippen molar-refractivity contribution in [2.24, 2.45) is 0 Å². The van der Waals surface area contributed by atoms with Crippen molar-refractivity contribution in [1.29, 1.82) is 0 Å². The van der Waals surface area contributed by atoms with Crippen LogP contribution < -0.4 is 9.64 Å². The van der Waals surface area contributed by atoms with Crippen LogP contribution in [-0.2, 0) is 11.4 Å². The lowest BCUT2D eigenvalue weighted by atomic mass is 10.1. The van der Waals surface area contributed by atoms with E-state index in [1.54, 1.807) is 4.90 Å². The Morgan fingerprint density at radius 2 is 1.79 bits per heavy atom. The van der Waals surface area contributed by atoms with Crippen LogP contribution in [0.3, 0.4) is 0 Å². The van der Waals surface area contributed by atoms with E-state index < -0.39 is 0 Å². The van der Waals surface area contributed by atoms with Crippen molar-refractivity contribution in [3.05, 3.63) is 100 Å². The minimum atomic E-state index is -0.0997. The van der Waals surface area contributed by atoms with Crippen LogP contribution >= 0.6 is 24.0 Å². The molecule has 29 heavy (non-hydrogen) atoms. The van der Waals surface area contributed by atoms with Gasteiger partial charge in [0.25, 0.3) is 5.91 Å². The minimum absolute atomic E-state index is 0.0997. The molecule has 1 saturated heterocycles. The van der Waals surface area contributed by atoms with E-state index in [9.17, 15) is 4.79 Å². The lowest BCUT2D eigenvalue weighted by molar-refractivity contribution is -0.113. The van der Waals surface area contributed by atoms with Gasteiger partial charge in [-0.2, -0.15) is 0 Å². The van der Waals surface area contributed by atoms with E-state index >= 15 is 0 Å². The summed E-state index contributed by atoms with van der Waals surface area (Å²) in [5, 5.41) is 0. The predicted molar refractivity (Wildman–Crippen MR) is 124 cm³/mol. The summed E-state index contributed by atoms with van der Waals surface area (Å²) in [6.07, 6.45) is 1.86. The van der Waals surface area contributed by atoms with Crippen molar-refractivity contribution in [3.63, 3.8) is 0 Å². The number of thiocarbonyl (C=S) groups is 1. The van der Waals surface area contributed by atoms with Gasteiger partial charge in [-0.1, -0.05) is 84.1 Å². The van der Waals surface area contributed by atoms with Gasteiger partial charge >= 0.3 is 0 Å². The Hall–Kier alpha value is -2.89. The molecule has 0 N–H and O–H groups in total. The molecule has 1 aliphatic rings. The molecule has 0 atom stereocenters. The molecule has 1 aliphatic heterocycles. The van der Waals surface area contributed by atoms with Crippen molar-refractivity contribution in [3.8, 4) is 5.75 Å². The Bertz CT molecular complexity index is 1090. The minimum Gasteiger partial charge on any atom is -0.489 e. The second kappa shape index (κ2) is 8.64. The van der Waals surface area contributed by atoms with Crippen LogP contribution in [0, 0.1) is 6.92 Å². The van der Waals surface area contributed by atoms with Crippen LogP contribution in [0.4, 0.5) is 5.69 Å². The van der Waals surface area contributed by atoms with Gasteiger partial charge in [-0.25, -0.2) is 0 Å². The maximum Gasteiger partial charge on any atom is 0.270 e. The monoisotopic (exact) mass is 417 g/mol. The van der Waals surface area contributed by atoms with Crippen LogP contribution in [0.1, 0.15) is 16.7 Å². The fourth-order valence-corrected chi connectivity index (χ4v) is 4.38. The Labute approximate surface area is 180 Å². The number of amides is 1. The van der Waals surface area contributed by atoms with Crippen LogP contribution in [0.2, 0.25) is 0 Å². The first-order chi connectivity index (χ1) is 14.1. The van der Waals surface area contributed by atoms with Gasteiger partial charge in [0.1, 0.15) is 12.4 Å². The van der Waals surface area contributed by atoms with Crippen LogP contribution in [0.25, 0.3) is 6.08 Å². The molecule has 144 valence electrons. The highest BCUT2D eigenvalue weighted by atomic mass is 32.2. The molecule has 0 saturated carbocycles. The third-order valence-corrected chi connectivity index (χ3v) is 5.75. The summed E-state index contributed by atoms with van der Waals surface area (Å²) in [4.78, 5) is 15.0. The molecule has 0 spiro atoms. The zero-order chi connectivity index (χ0) is 20.2. The van der Waals surface area contributed by atoms with E-state index in [0.717, 1.165) is 22.6 Å². The SMILES string of the molecule is Cc1cccc(COc2cccc(/C=C3/SC(=S)N(c4ccccc4)C3=O)c2)c1. The second-order valence-corrected chi connectivity index (χ2v) is 8.38. The quantitative estimate of drug-likeness (QED) is 0.377. The first-order valence-corrected chi connectivity index (χ1v) is 10.4. The summed E-state index contributed by atoms with van der Waals surface area (Å²) in [7, 11) is 0. The van der Waals surface area contributed by atoms with Crippen molar-refractivity contribution in [2.75, 3.05) is 4.90 Å². The second-order valence-electron chi connectivity index (χ2n) is 6.70. The Morgan fingerprint density at radius 3 is 2.59 bits per heavy atom. The Kier molecular flexibility index (Phi) is 5.79. The van der Waals surface area contributed by atoms with Crippen molar-refractivity contribution in [2.45, 2.75) is 13.5 Å². The van der Waals surface area contributed by atoms with E-state index in [4.69, 9.17) is 17.0 Å². The van der Waals surface area contributed by atoms with Gasteiger partial charge in [0, 0.05) is 0 Å². The topological polar surface area (TPSA) is 29.5 Å². The number of hydrogen-bond acceptors (Lipinski definition) is 4. The summed E-state index contributed by atoms with van der Waals surface area (Å²) in [6, 6.07) is 25.5. The van der Waals surface area contributed by atoms with Crippen LogP contribution in [-0.4, -0.2) is 10.2 Å². The fourth-order valence-electron chi connectivity index (χ4n) is 3.08. The summed E-state index contributed by atoms with van der Waals surface area (Å²) >= 11 is 6.74. The molecule has 0 unspecified atom stereocenters. The normalized spacial score (nSPS) is 15.2. The highest BCUT2D eigenvalue weighted by molar-refractivity contribution is 8.27. The number of benzene rings is 3. The number of carbonyl (C=O) groups excluding carboxylic acids is 1. The molecule has 3 aromatic carbocycles. The molecule has 1 heterocycles. The summed E-state index contributed by atoms with van der Waals surface area (Å²) in [5.74, 6) is 0.663. The molecule has 1 fully saturated rings. The van der Waals surface area contributed by atoms with E-state index in [1.165, 1.54) is 17.3 Å². The lowest BCUT2D eigenvalue weighted by Crippen LogP contribution is -2.27. The zero-order valence-electron chi connectivity index (χ0n) is 15.9. The predicted octanol–water partition coefficient (Wildman–Crippen LogP) is 5.98. The molecule has 4 rings (SSSR count). The number of thioether (sulfide) groups is 1. The van der Waals surface area contributed by atoms with Crippen molar-refractivity contribution < 1.29 is 9.53 Å². The number of carbonyl (C=O) groups is 1. The van der Waals surface area contributed by atoms with Crippen LogP contribution in [0.5, 0.6) is 5.75 Å². The smallest absolute Gasteiger partial charge is 0.270 e. The molecular weight excluding hydrogens is 398 g/mol. The number of nitrogens with zero attached hydrogens (tertiary/aromatic N) is 1. The molecule has 0 bridgehead atoms. The van der Waals surface area contributed by atoms with Crippen LogP contribution in [0.15, 0.2) is 83.8 Å². The van der Waals surface area contributed by atoms with Gasteiger partial charge < -0.3 is 4.74 Å². The van der Waals surface area contributed by atoms with Gasteiger partial charge in [0.15, 0.2) is 4.32 Å². The third-order valence-electron chi connectivity index (χ3n) is 4.45. The third kappa shape index (κ3) is 4.58. The fraction of sp³-hybridized carbons (Fsp3) is 0.0833. The van der Waals surface area contributed by atoms with E-state index in [0.29, 0.717) is 15.8 Å². The van der Waals surface area contributed by atoms with E-state index in [1.807, 2.05) is 72.8 Å². The molecule has 3 aromatic rings. The maximum atomic E-state index is 12.9. The highest BCUT2D eigenvalue weighted by Crippen LogP contribution is 2.36. The first kappa shape index (κ1) is 19.4. The number of hydrogen-bond donors (Lipinski definition) is 0. The molecule has 3 nitrogen and oxygen atoms in total. The zero-order valence-corrected chi connectivity index (χ0v) is 17.5. The molecule has 0 aromatic heterocycles. The molecule has 5 heteroatoms. The number of ether oxygens (including phenoxy) is 1. The van der Waals surface area contributed by atoms with Gasteiger partial charge in [0.05, 0.1) is 10.6 Å². The molecule has 0 aliphatic carbocycles. The maximum absolute atomic E-state index is 12.9. The summed E-state index contributed by atoms with van der Waals surface area (Å²) in [5.41, 5.74) is 4.02. The lowest BCUT2D eigenvalue weighted by Gasteiger charge is -2.13. The number of aryl methyl sites for hydroxylation is 1. The highest BCUT2D eigenvalue weighted by Gasteiger charge is 2.33. The number of rotatable bonds is 5. The van der Waals surface area contributed by atoms with Gasteiger partial charge in [0.2, 0.25) is 0 Å². The Balaban J connectivity index is 1.50. The molecule has 0 radical (unpaired) electrons. The Morgan fingerprint density at radius 1 is 1.00 bits per heavy atom. The van der Waals surface area contributed by atoms with Gasteiger partial charge in [-0.3, -0.25) is 9.69 Å². The van der Waals surface area contributed by atoms with Gasteiger partial charge in [-0.05, 0) is 48.4 Å². The van der Waals surface area contributed by atoms with Crippen molar-refractivity contribution >= 4 is 46.0 Å². The first-order valence-electron chi connectivity index (χ1n) is 9.21. The van der Waals surface area contributed by atoms with Gasteiger partial charge in [-0.15, -0.1) is 0 Å². The molecular formula is C24H19NO2S2. The van der Waals surface area contributed by atoms with Crippen molar-refractivity contribution in [1.82, 2.24) is 0 Å². The standard InChI is InChI=1S/C24H19NO2S2/c1-17-7-5-9-19(13-17)16-27-21-12-6-8-18(14-21)15-22-23(26)25(24(28)29-22)20-10-3-2-4-11-20/h2-15H,16H2,1H3/b22-15+. The largest absolute Gasteiger partial charge is 0.489 e. The van der Waals surface area contributed by atoms with E-state index in [2.05, 4.69) is 19.1 Å². The van der Waals surface area contributed by atoms with E-state index in [-0.39, 0.29) is 5.91 Å². The average molecular weight is 418 g/mol.